The number of aliphatic hydroxyl groups excluding tert-OH is 1. The van der Waals surface area contributed by atoms with Crippen molar-refractivity contribution >= 4 is 27.6 Å². The number of fused-ring (bicyclic) bond motifs is 2. The molecule has 0 bridgehead atoms. The van der Waals surface area contributed by atoms with Crippen molar-refractivity contribution in [2.24, 2.45) is 0 Å². The zero-order chi connectivity index (χ0) is 16.4. The number of hydrogen-bond donors (Lipinski definition) is 3. The van der Waals surface area contributed by atoms with Gasteiger partial charge in [0.2, 0.25) is 0 Å². The molecule has 5 heteroatoms. The van der Waals surface area contributed by atoms with Gasteiger partial charge in [-0.1, -0.05) is 30.3 Å². The zero-order valence-corrected chi connectivity index (χ0v) is 13.1. The molecule has 0 spiro atoms. The Balaban J connectivity index is 1.62. The van der Waals surface area contributed by atoms with Crippen LogP contribution in [0.5, 0.6) is 0 Å². The molecule has 0 aliphatic heterocycles. The van der Waals surface area contributed by atoms with Crippen LogP contribution in [-0.2, 0) is 6.42 Å². The Labute approximate surface area is 139 Å². The van der Waals surface area contributed by atoms with E-state index in [1.54, 1.807) is 6.33 Å². The molecule has 0 amide bonds. The minimum Gasteiger partial charge on any atom is -0.394 e. The molecule has 3 N–H and O–H groups in total. The minimum absolute atomic E-state index is 0.0256. The summed E-state index contributed by atoms with van der Waals surface area (Å²) >= 11 is 0. The standard InChI is InChI=1S/C19H18N4O/c24-11-14(9-13-10-20-17-7-3-1-5-15(13)17)23-19-16-6-2-4-8-18(16)21-12-22-19/h1-8,10,12,14,20,24H,9,11H2,(H,21,22,23)/t14-/m1/s1. The Bertz CT molecular complexity index is 974. The number of aromatic amines is 1. The van der Waals surface area contributed by atoms with Gasteiger partial charge in [0.25, 0.3) is 0 Å². The molecule has 0 aliphatic rings. The second-order valence-corrected chi connectivity index (χ2v) is 5.83. The summed E-state index contributed by atoms with van der Waals surface area (Å²) in [5.74, 6) is 0.750. The minimum atomic E-state index is -0.123. The number of aromatic nitrogens is 3. The van der Waals surface area contributed by atoms with E-state index in [-0.39, 0.29) is 12.6 Å². The Morgan fingerprint density at radius 3 is 2.67 bits per heavy atom. The van der Waals surface area contributed by atoms with E-state index in [1.807, 2.05) is 42.6 Å². The molecule has 0 unspecified atom stereocenters. The molecule has 0 aliphatic carbocycles. The lowest BCUT2D eigenvalue weighted by molar-refractivity contribution is 0.274. The van der Waals surface area contributed by atoms with E-state index in [4.69, 9.17) is 0 Å². The Kier molecular flexibility index (Phi) is 3.84. The first-order chi connectivity index (χ1) is 11.8. The van der Waals surface area contributed by atoms with Gasteiger partial charge in [0, 0.05) is 22.5 Å². The molecule has 0 radical (unpaired) electrons. The van der Waals surface area contributed by atoms with Crippen LogP contribution >= 0.6 is 0 Å². The number of nitrogens with zero attached hydrogens (tertiary/aromatic N) is 2. The highest BCUT2D eigenvalue weighted by Gasteiger charge is 2.14. The Morgan fingerprint density at radius 2 is 1.79 bits per heavy atom. The monoisotopic (exact) mass is 318 g/mol. The molecule has 0 saturated carbocycles. The van der Waals surface area contributed by atoms with Crippen molar-refractivity contribution in [2.75, 3.05) is 11.9 Å². The van der Waals surface area contributed by atoms with Crippen molar-refractivity contribution in [3.8, 4) is 0 Å². The van der Waals surface area contributed by atoms with E-state index in [0.29, 0.717) is 6.42 Å². The highest BCUT2D eigenvalue weighted by atomic mass is 16.3. The van der Waals surface area contributed by atoms with Crippen molar-refractivity contribution in [2.45, 2.75) is 12.5 Å². The molecule has 24 heavy (non-hydrogen) atoms. The fourth-order valence-corrected chi connectivity index (χ4v) is 3.04. The summed E-state index contributed by atoms with van der Waals surface area (Å²) in [5, 5.41) is 15.3. The van der Waals surface area contributed by atoms with Crippen LogP contribution in [0.15, 0.2) is 61.1 Å². The Morgan fingerprint density at radius 1 is 1.00 bits per heavy atom. The number of benzene rings is 2. The predicted octanol–water partition coefficient (Wildman–Crippen LogP) is 3.13. The lowest BCUT2D eigenvalue weighted by atomic mass is 10.1. The third-order valence-corrected chi connectivity index (χ3v) is 4.25. The summed E-state index contributed by atoms with van der Waals surface area (Å²) in [5.41, 5.74) is 3.17. The molecule has 0 fully saturated rings. The van der Waals surface area contributed by atoms with Crippen LogP contribution in [-0.4, -0.2) is 32.7 Å². The van der Waals surface area contributed by atoms with Crippen LogP contribution < -0.4 is 5.32 Å². The topological polar surface area (TPSA) is 73.8 Å². The van der Waals surface area contributed by atoms with Gasteiger partial charge in [-0.25, -0.2) is 9.97 Å². The van der Waals surface area contributed by atoms with Gasteiger partial charge in [-0.15, -0.1) is 0 Å². The van der Waals surface area contributed by atoms with Crippen molar-refractivity contribution in [1.29, 1.82) is 0 Å². The summed E-state index contributed by atoms with van der Waals surface area (Å²) in [6.45, 7) is 0.0256. The number of nitrogens with one attached hydrogen (secondary N) is 2. The molecule has 2 aromatic carbocycles. The van der Waals surface area contributed by atoms with Gasteiger partial charge >= 0.3 is 0 Å². The molecule has 5 nitrogen and oxygen atoms in total. The first-order valence-corrected chi connectivity index (χ1v) is 7.97. The van der Waals surface area contributed by atoms with Crippen molar-refractivity contribution < 1.29 is 5.11 Å². The van der Waals surface area contributed by atoms with Gasteiger partial charge in [0.1, 0.15) is 12.1 Å². The molecule has 0 saturated heterocycles. The van der Waals surface area contributed by atoms with Crippen LogP contribution in [0, 0.1) is 0 Å². The number of H-pyrrole nitrogens is 1. The third-order valence-electron chi connectivity index (χ3n) is 4.25. The number of aliphatic hydroxyl groups is 1. The van der Waals surface area contributed by atoms with Gasteiger partial charge in [-0.05, 0) is 30.2 Å². The van der Waals surface area contributed by atoms with Gasteiger partial charge in [-0.2, -0.15) is 0 Å². The first kappa shape index (κ1) is 14.7. The normalized spacial score (nSPS) is 12.5. The van der Waals surface area contributed by atoms with Gasteiger partial charge in [0.15, 0.2) is 0 Å². The molecule has 2 aromatic heterocycles. The Hall–Kier alpha value is -2.92. The lowest BCUT2D eigenvalue weighted by Gasteiger charge is -2.17. The summed E-state index contributed by atoms with van der Waals surface area (Å²) in [6.07, 6.45) is 4.26. The maximum absolute atomic E-state index is 9.81. The second kappa shape index (κ2) is 6.29. The van der Waals surface area contributed by atoms with E-state index in [1.165, 1.54) is 10.9 Å². The number of rotatable bonds is 5. The number of para-hydroxylation sites is 2. The lowest BCUT2D eigenvalue weighted by Crippen LogP contribution is -2.27. The fourth-order valence-electron chi connectivity index (χ4n) is 3.04. The molecular formula is C19H18N4O. The average Bonchev–Trinajstić information content (AvgIpc) is 3.04. The molecule has 4 aromatic rings. The van der Waals surface area contributed by atoms with Crippen LogP contribution in [0.25, 0.3) is 21.8 Å². The largest absolute Gasteiger partial charge is 0.394 e. The average molecular weight is 318 g/mol. The van der Waals surface area contributed by atoms with Gasteiger partial charge in [-0.3, -0.25) is 0 Å². The SMILES string of the molecule is OC[C@@H](Cc1c[nH]c2ccccc12)Nc1ncnc2ccccc12. The maximum atomic E-state index is 9.81. The van der Waals surface area contributed by atoms with Crippen molar-refractivity contribution in [3.05, 3.63) is 66.6 Å². The van der Waals surface area contributed by atoms with E-state index >= 15 is 0 Å². The number of hydrogen-bond acceptors (Lipinski definition) is 4. The van der Waals surface area contributed by atoms with E-state index in [0.717, 1.165) is 22.2 Å². The molecule has 2 heterocycles. The first-order valence-electron chi connectivity index (χ1n) is 7.97. The molecule has 120 valence electrons. The summed E-state index contributed by atoms with van der Waals surface area (Å²) < 4.78 is 0. The van der Waals surface area contributed by atoms with Crippen molar-refractivity contribution in [1.82, 2.24) is 15.0 Å². The maximum Gasteiger partial charge on any atom is 0.137 e. The van der Waals surface area contributed by atoms with Crippen molar-refractivity contribution in [3.63, 3.8) is 0 Å². The summed E-state index contributed by atoms with van der Waals surface area (Å²) in [7, 11) is 0. The third kappa shape index (κ3) is 2.70. The predicted molar refractivity (Wildman–Crippen MR) is 96.0 cm³/mol. The van der Waals surface area contributed by atoms with Crippen LogP contribution in [0.1, 0.15) is 5.56 Å². The number of anilines is 1. The van der Waals surface area contributed by atoms with E-state index in [2.05, 4.69) is 32.4 Å². The van der Waals surface area contributed by atoms with Crippen LogP contribution in [0.3, 0.4) is 0 Å². The highest BCUT2D eigenvalue weighted by Crippen LogP contribution is 2.22. The van der Waals surface area contributed by atoms with Crippen LogP contribution in [0.4, 0.5) is 5.82 Å². The van der Waals surface area contributed by atoms with E-state index < -0.39 is 0 Å². The zero-order valence-electron chi connectivity index (χ0n) is 13.1. The van der Waals surface area contributed by atoms with E-state index in [9.17, 15) is 5.11 Å². The quantitative estimate of drug-likeness (QED) is 0.528. The highest BCUT2D eigenvalue weighted by molar-refractivity contribution is 5.89. The second-order valence-electron chi connectivity index (χ2n) is 5.83. The molecular weight excluding hydrogens is 300 g/mol. The summed E-state index contributed by atoms with van der Waals surface area (Å²) in [6, 6.07) is 15.9. The fraction of sp³-hybridized carbons (Fsp3) is 0.158. The van der Waals surface area contributed by atoms with Gasteiger partial charge in [0.05, 0.1) is 18.2 Å². The summed E-state index contributed by atoms with van der Waals surface area (Å²) in [4.78, 5) is 11.9. The molecule has 1 atom stereocenters. The van der Waals surface area contributed by atoms with Gasteiger partial charge < -0.3 is 15.4 Å². The smallest absolute Gasteiger partial charge is 0.137 e. The molecule has 4 rings (SSSR count). The van der Waals surface area contributed by atoms with Crippen LogP contribution in [0.2, 0.25) is 0 Å².